The molecule has 2 spiro atoms. The van der Waals surface area contributed by atoms with Gasteiger partial charge in [0, 0.05) is 26.2 Å². The largest absolute Gasteiger partial charge is 0.457 e. The summed E-state index contributed by atoms with van der Waals surface area (Å²) in [4.78, 5) is 73.3. The van der Waals surface area contributed by atoms with Gasteiger partial charge in [-0.3, -0.25) is 28.9 Å². The zero-order valence-corrected chi connectivity index (χ0v) is 31.9. The molecule has 0 unspecified atom stereocenters. The topological polar surface area (TPSA) is 140 Å². The molecule has 2 aromatic rings. The van der Waals surface area contributed by atoms with Crippen molar-refractivity contribution in [3.63, 3.8) is 0 Å². The van der Waals surface area contributed by atoms with Gasteiger partial charge in [-0.05, 0) is 83.2 Å². The molecule has 8 saturated heterocycles. The van der Waals surface area contributed by atoms with Crippen molar-refractivity contribution in [3.05, 3.63) is 65.0 Å². The molecule has 17 heteroatoms. The SMILES string of the molecule is CCCC(=O)O[C@H]1[C@]2([C@@]34c5cc(F)ccc5C[C@@H]3N3C(=O)[C@]5(C)SS[C@]3(C(=O)N5C)[C@H]4O)c3ccccc3N[C@@H]2N2C(=O)[C@]3(C)SS[C@]12C(=O)N3C. The second kappa shape index (κ2) is 9.94. The Hall–Kier alpha value is -3.12. The zero-order chi connectivity index (χ0) is 36.7. The number of para-hydroxylation sites is 1. The molecule has 272 valence electrons. The molecule has 12 rings (SSSR count). The van der Waals surface area contributed by atoms with Crippen LogP contribution < -0.4 is 5.32 Å². The minimum Gasteiger partial charge on any atom is -0.457 e. The first-order chi connectivity index (χ1) is 24.7. The molecule has 0 aromatic heterocycles. The van der Waals surface area contributed by atoms with Crippen LogP contribution in [0.5, 0.6) is 0 Å². The van der Waals surface area contributed by atoms with E-state index in [-0.39, 0.29) is 18.7 Å². The predicted octanol–water partition coefficient (Wildman–Crippen LogP) is 2.99. The van der Waals surface area contributed by atoms with E-state index >= 15 is 14.0 Å². The van der Waals surface area contributed by atoms with Crippen LogP contribution in [0.15, 0.2) is 42.5 Å². The van der Waals surface area contributed by atoms with Gasteiger partial charge in [0.05, 0.1) is 16.9 Å². The van der Waals surface area contributed by atoms with E-state index in [1.807, 2.05) is 25.1 Å². The highest BCUT2D eigenvalue weighted by Gasteiger charge is 2.93. The number of halogens is 1. The molecule has 1 aliphatic carbocycles. The molecule has 10 aliphatic rings. The summed E-state index contributed by atoms with van der Waals surface area (Å²) in [7, 11) is 7.77. The lowest BCUT2D eigenvalue weighted by atomic mass is 9.51. The van der Waals surface area contributed by atoms with Gasteiger partial charge in [0.1, 0.15) is 18.1 Å². The summed E-state index contributed by atoms with van der Waals surface area (Å²) < 4.78 is 22.5. The van der Waals surface area contributed by atoms with Crippen molar-refractivity contribution in [2.24, 2.45) is 0 Å². The van der Waals surface area contributed by atoms with Crippen molar-refractivity contribution in [2.75, 3.05) is 19.4 Å². The smallest absolute Gasteiger partial charge is 0.306 e. The molecule has 9 heterocycles. The second-order valence-corrected chi connectivity index (χ2v) is 20.6. The number of esters is 1. The highest BCUT2D eigenvalue weighted by Crippen LogP contribution is 2.79. The van der Waals surface area contributed by atoms with Gasteiger partial charge < -0.3 is 29.9 Å². The van der Waals surface area contributed by atoms with Gasteiger partial charge >= 0.3 is 5.97 Å². The molecule has 0 saturated carbocycles. The van der Waals surface area contributed by atoms with Crippen LogP contribution in [-0.4, -0.2) is 112 Å². The number of carbonyl (C=O) groups excluding carboxylic acids is 5. The lowest BCUT2D eigenvalue weighted by Crippen LogP contribution is -2.77. The van der Waals surface area contributed by atoms with Gasteiger partial charge in [-0.25, -0.2) is 4.39 Å². The summed E-state index contributed by atoms with van der Waals surface area (Å²) in [6.07, 6.45) is -3.77. The highest BCUT2D eigenvalue weighted by molar-refractivity contribution is 8.78. The Morgan fingerprint density at radius 2 is 1.52 bits per heavy atom. The number of hydrogen-bond donors (Lipinski definition) is 2. The number of hydrogen-bond acceptors (Lipinski definition) is 12. The van der Waals surface area contributed by atoms with Gasteiger partial charge in [-0.1, -0.05) is 52.8 Å². The summed E-state index contributed by atoms with van der Waals surface area (Å²) in [6, 6.07) is 10.6. The molecule has 2 N–H and O–H groups in total. The molecular weight excluding hydrogens is 750 g/mol. The van der Waals surface area contributed by atoms with Crippen molar-refractivity contribution in [1.29, 1.82) is 0 Å². The third-order valence-electron chi connectivity index (χ3n) is 13.2. The standard InChI is InChI=1S/C35H34FN5O7S4/c1-6-9-22(42)48-24-33(18-10-7-8-11-20(18)37-25(33)41-27(45)31(3)39(5)29(47)35(24,41)52-50-31)32-19-15-17(36)13-12-16(19)14-21(32)40-26(44)30(2)38(4)28(46)34(40,23(32)43)51-49-30/h7-8,10-13,15,21,23-25,37,43H,6,9,14H2,1-5H3/t21-,23-,24-,25+,30-,31-,32-,33+,34-,35-/m0/s1. The van der Waals surface area contributed by atoms with Gasteiger partial charge in [0.15, 0.2) is 15.8 Å². The maximum Gasteiger partial charge on any atom is 0.306 e. The normalized spacial score (nSPS) is 43.0. The minimum absolute atomic E-state index is 0.00275. The number of benzene rings is 2. The number of likely N-dealkylation sites (N-methyl/N-ethyl adjacent to an activating group) is 2. The number of amides is 4. The number of rotatable bonds is 4. The van der Waals surface area contributed by atoms with Gasteiger partial charge in [0.25, 0.3) is 23.6 Å². The first kappa shape index (κ1) is 33.4. The number of nitrogens with one attached hydrogen (secondary N) is 1. The van der Waals surface area contributed by atoms with Crippen LogP contribution in [0.2, 0.25) is 0 Å². The molecule has 10 atom stereocenters. The predicted molar refractivity (Wildman–Crippen MR) is 194 cm³/mol. The second-order valence-electron chi connectivity index (χ2n) is 15.1. The molecule has 8 fully saturated rings. The summed E-state index contributed by atoms with van der Waals surface area (Å²) in [5.74, 6) is -2.95. The fourth-order valence-electron chi connectivity index (χ4n) is 10.8. The summed E-state index contributed by atoms with van der Waals surface area (Å²) >= 11 is 0. The van der Waals surface area contributed by atoms with Crippen molar-refractivity contribution in [3.8, 4) is 0 Å². The molecule has 4 amide bonds. The van der Waals surface area contributed by atoms with Crippen molar-refractivity contribution in [2.45, 2.75) is 94.8 Å². The van der Waals surface area contributed by atoms with Gasteiger partial charge in [-0.15, -0.1) is 0 Å². The Morgan fingerprint density at radius 3 is 2.21 bits per heavy atom. The maximum absolute atomic E-state index is 15.9. The van der Waals surface area contributed by atoms with Crippen LogP contribution >= 0.6 is 43.2 Å². The Kier molecular flexibility index (Phi) is 6.40. The van der Waals surface area contributed by atoms with E-state index in [4.69, 9.17) is 4.74 Å². The number of fused-ring (bicyclic) bond motifs is 11. The fourth-order valence-corrected chi connectivity index (χ4v) is 17.9. The number of anilines is 1. The van der Waals surface area contributed by atoms with E-state index in [0.29, 0.717) is 28.8 Å². The van der Waals surface area contributed by atoms with Crippen LogP contribution in [0.25, 0.3) is 0 Å². The fraction of sp³-hybridized carbons (Fsp3) is 0.514. The minimum atomic E-state index is -1.87. The molecule has 52 heavy (non-hydrogen) atoms. The van der Waals surface area contributed by atoms with Crippen LogP contribution in [0, 0.1) is 5.82 Å². The molecule has 4 bridgehead atoms. The molecule has 12 nitrogen and oxygen atoms in total. The van der Waals surface area contributed by atoms with E-state index in [9.17, 15) is 19.5 Å². The average Bonchev–Trinajstić information content (AvgIpc) is 3.77. The number of aliphatic hydroxyl groups excluding tert-OH is 1. The summed E-state index contributed by atoms with van der Waals surface area (Å²) in [6.45, 7) is 5.19. The molecule has 2 aromatic carbocycles. The van der Waals surface area contributed by atoms with Gasteiger partial charge in [-0.2, -0.15) is 0 Å². The first-order valence-electron chi connectivity index (χ1n) is 17.2. The summed E-state index contributed by atoms with van der Waals surface area (Å²) in [5.41, 5.74) is -1.47. The monoisotopic (exact) mass is 783 g/mol. The highest BCUT2D eigenvalue weighted by atomic mass is 33.1. The third kappa shape index (κ3) is 3.08. The first-order valence-corrected chi connectivity index (χ1v) is 21.5. The van der Waals surface area contributed by atoms with Gasteiger partial charge in [0.2, 0.25) is 9.74 Å². The number of ether oxygens (including phenoxy) is 1. The van der Waals surface area contributed by atoms with Crippen molar-refractivity contribution >= 4 is 78.5 Å². The summed E-state index contributed by atoms with van der Waals surface area (Å²) in [5, 5.41) is 17.1. The molecular formula is C35H34FN5O7S4. The van der Waals surface area contributed by atoms with E-state index < -0.39 is 84.2 Å². The Labute approximate surface area is 314 Å². The molecule has 0 radical (unpaired) electrons. The van der Waals surface area contributed by atoms with E-state index in [0.717, 1.165) is 21.6 Å². The van der Waals surface area contributed by atoms with E-state index in [2.05, 4.69) is 5.32 Å². The third-order valence-corrected chi connectivity index (χ3v) is 20.6. The van der Waals surface area contributed by atoms with Crippen molar-refractivity contribution in [1.82, 2.24) is 19.6 Å². The van der Waals surface area contributed by atoms with E-state index in [1.165, 1.54) is 53.3 Å². The van der Waals surface area contributed by atoms with Crippen LogP contribution in [0.3, 0.4) is 0 Å². The number of carbonyl (C=O) groups is 5. The average molecular weight is 784 g/mol. The number of piperazine rings is 2. The number of nitrogens with zero attached hydrogens (tertiary/aromatic N) is 4. The van der Waals surface area contributed by atoms with Crippen LogP contribution in [-0.2, 0) is 46.0 Å². The van der Waals surface area contributed by atoms with Crippen LogP contribution in [0.1, 0.15) is 50.3 Å². The Balaban J connectivity index is 1.38. The van der Waals surface area contributed by atoms with Crippen molar-refractivity contribution < 1.29 is 38.2 Å². The van der Waals surface area contributed by atoms with E-state index in [1.54, 1.807) is 40.1 Å². The van der Waals surface area contributed by atoms with Crippen LogP contribution in [0.4, 0.5) is 10.1 Å². The lowest BCUT2D eigenvalue weighted by molar-refractivity contribution is -0.172. The molecule has 9 aliphatic heterocycles. The number of aliphatic hydroxyl groups is 1. The maximum atomic E-state index is 15.9. The lowest BCUT2D eigenvalue weighted by Gasteiger charge is -2.58. The Bertz CT molecular complexity index is 2110. The quantitative estimate of drug-likeness (QED) is 0.348. The zero-order valence-electron chi connectivity index (χ0n) is 28.7. The Morgan fingerprint density at radius 1 is 0.885 bits per heavy atom.